The number of nitrogens with zero attached hydrogens (tertiary/aromatic N) is 3. The second-order valence-corrected chi connectivity index (χ2v) is 4.99. The molecule has 6 heteroatoms. The summed E-state index contributed by atoms with van der Waals surface area (Å²) < 4.78 is 13.1. The van der Waals surface area contributed by atoms with Crippen molar-refractivity contribution in [3.8, 4) is 0 Å². The molecule has 21 heavy (non-hydrogen) atoms. The number of aromatic nitrogens is 2. The highest BCUT2D eigenvalue weighted by atomic mass is 19.1. The molecule has 2 aromatic rings. The molecule has 1 aromatic heterocycles. The molecule has 2 heterocycles. The SMILES string of the molecule is CN1c2cnc(CCc3cccc(F)c3)nc2NC1C=O. The Hall–Kier alpha value is -2.50. The van der Waals surface area contributed by atoms with Crippen LogP contribution in [-0.4, -0.2) is 29.5 Å². The van der Waals surface area contributed by atoms with Gasteiger partial charge in [-0.3, -0.25) is 4.79 Å². The van der Waals surface area contributed by atoms with Gasteiger partial charge in [0, 0.05) is 13.5 Å². The van der Waals surface area contributed by atoms with E-state index in [1.54, 1.807) is 17.2 Å². The zero-order valence-electron chi connectivity index (χ0n) is 11.6. The van der Waals surface area contributed by atoms with E-state index in [-0.39, 0.29) is 5.82 Å². The molecule has 0 radical (unpaired) electrons. The summed E-state index contributed by atoms with van der Waals surface area (Å²) in [5.74, 6) is 1.10. The highest BCUT2D eigenvalue weighted by Crippen LogP contribution is 2.29. The van der Waals surface area contributed by atoms with Crippen molar-refractivity contribution in [3.05, 3.63) is 47.7 Å². The highest BCUT2D eigenvalue weighted by molar-refractivity contribution is 5.81. The summed E-state index contributed by atoms with van der Waals surface area (Å²) in [6.07, 6.45) is 3.43. The fourth-order valence-electron chi connectivity index (χ4n) is 2.36. The Morgan fingerprint density at radius 1 is 1.43 bits per heavy atom. The first kappa shape index (κ1) is 13.5. The second-order valence-electron chi connectivity index (χ2n) is 4.99. The van der Waals surface area contributed by atoms with E-state index in [0.29, 0.717) is 24.5 Å². The molecular formula is C15H15FN4O. The van der Waals surface area contributed by atoms with Crippen LogP contribution in [0.1, 0.15) is 11.4 Å². The molecular weight excluding hydrogens is 271 g/mol. The average molecular weight is 286 g/mol. The molecule has 1 unspecified atom stereocenters. The molecule has 1 aliphatic heterocycles. The predicted molar refractivity (Wildman–Crippen MR) is 77.7 cm³/mol. The Balaban J connectivity index is 1.72. The Morgan fingerprint density at radius 3 is 3.05 bits per heavy atom. The molecule has 0 saturated heterocycles. The number of benzene rings is 1. The van der Waals surface area contributed by atoms with E-state index in [0.717, 1.165) is 17.5 Å². The van der Waals surface area contributed by atoms with Gasteiger partial charge in [-0.25, -0.2) is 14.4 Å². The van der Waals surface area contributed by atoms with Crippen LogP contribution in [0.15, 0.2) is 30.5 Å². The quantitative estimate of drug-likeness (QED) is 0.868. The number of carbonyl (C=O) groups is 1. The molecule has 3 rings (SSSR count). The first-order valence-electron chi connectivity index (χ1n) is 6.72. The molecule has 1 atom stereocenters. The number of aryl methyl sites for hydroxylation is 2. The second kappa shape index (κ2) is 5.47. The minimum absolute atomic E-state index is 0.237. The lowest BCUT2D eigenvalue weighted by Crippen LogP contribution is -2.33. The number of aldehydes is 1. The van der Waals surface area contributed by atoms with E-state index < -0.39 is 6.17 Å². The van der Waals surface area contributed by atoms with Gasteiger partial charge in [-0.1, -0.05) is 12.1 Å². The van der Waals surface area contributed by atoms with Crippen molar-refractivity contribution in [2.24, 2.45) is 0 Å². The number of nitrogens with one attached hydrogen (secondary N) is 1. The molecule has 5 nitrogen and oxygen atoms in total. The molecule has 0 spiro atoms. The number of anilines is 2. The first-order chi connectivity index (χ1) is 10.2. The average Bonchev–Trinajstić information content (AvgIpc) is 2.81. The lowest BCUT2D eigenvalue weighted by Gasteiger charge is -2.14. The standard InChI is InChI=1S/C15H15FN4O/c1-20-12-8-17-13(18-15(12)19-14(20)9-21)6-5-10-3-2-4-11(16)7-10/h2-4,7-9,14H,5-6H2,1H3,(H,17,18,19). The zero-order valence-corrected chi connectivity index (χ0v) is 11.6. The fraction of sp³-hybridized carbons (Fsp3) is 0.267. The summed E-state index contributed by atoms with van der Waals surface area (Å²) in [6.45, 7) is 0. The number of fused-ring (bicyclic) bond motifs is 1. The van der Waals surface area contributed by atoms with Crippen molar-refractivity contribution in [1.82, 2.24) is 9.97 Å². The molecule has 0 saturated carbocycles. The summed E-state index contributed by atoms with van der Waals surface area (Å²) >= 11 is 0. The molecule has 0 fully saturated rings. The Labute approximate surface area is 121 Å². The van der Waals surface area contributed by atoms with Gasteiger partial charge >= 0.3 is 0 Å². The zero-order chi connectivity index (χ0) is 14.8. The smallest absolute Gasteiger partial charge is 0.162 e. The molecule has 1 aliphatic rings. The molecule has 0 aliphatic carbocycles. The third-order valence-electron chi connectivity index (χ3n) is 3.56. The lowest BCUT2D eigenvalue weighted by molar-refractivity contribution is -0.108. The summed E-state index contributed by atoms with van der Waals surface area (Å²) in [6, 6.07) is 6.51. The van der Waals surface area contributed by atoms with Crippen molar-refractivity contribution >= 4 is 17.8 Å². The largest absolute Gasteiger partial charge is 0.344 e. The van der Waals surface area contributed by atoms with Crippen LogP contribution in [-0.2, 0) is 17.6 Å². The normalized spacial score (nSPS) is 16.5. The van der Waals surface area contributed by atoms with Gasteiger partial charge in [0.25, 0.3) is 0 Å². The highest BCUT2D eigenvalue weighted by Gasteiger charge is 2.26. The fourth-order valence-corrected chi connectivity index (χ4v) is 2.36. The summed E-state index contributed by atoms with van der Waals surface area (Å²) in [7, 11) is 1.81. The number of hydrogen-bond donors (Lipinski definition) is 1. The lowest BCUT2D eigenvalue weighted by atomic mass is 10.1. The van der Waals surface area contributed by atoms with Gasteiger partial charge in [-0.15, -0.1) is 0 Å². The maximum Gasteiger partial charge on any atom is 0.162 e. The van der Waals surface area contributed by atoms with E-state index in [2.05, 4.69) is 15.3 Å². The minimum Gasteiger partial charge on any atom is -0.344 e. The van der Waals surface area contributed by atoms with Gasteiger partial charge in [0.15, 0.2) is 18.3 Å². The summed E-state index contributed by atoms with van der Waals surface area (Å²) in [4.78, 5) is 21.4. The monoisotopic (exact) mass is 286 g/mol. The van der Waals surface area contributed by atoms with Crippen molar-refractivity contribution in [1.29, 1.82) is 0 Å². The Kier molecular flexibility index (Phi) is 3.51. The molecule has 108 valence electrons. The minimum atomic E-state index is -0.396. The topological polar surface area (TPSA) is 58.1 Å². The third kappa shape index (κ3) is 2.69. The predicted octanol–water partition coefficient (Wildman–Crippen LogP) is 1.79. The Morgan fingerprint density at radius 2 is 2.29 bits per heavy atom. The maximum absolute atomic E-state index is 13.1. The van der Waals surface area contributed by atoms with E-state index in [4.69, 9.17) is 0 Å². The van der Waals surface area contributed by atoms with Gasteiger partial charge in [-0.05, 0) is 24.1 Å². The van der Waals surface area contributed by atoms with Crippen LogP contribution in [0, 0.1) is 5.82 Å². The van der Waals surface area contributed by atoms with Crippen LogP contribution in [0.5, 0.6) is 0 Å². The van der Waals surface area contributed by atoms with Gasteiger partial charge in [0.2, 0.25) is 0 Å². The van der Waals surface area contributed by atoms with Gasteiger partial charge in [-0.2, -0.15) is 0 Å². The van der Waals surface area contributed by atoms with Crippen LogP contribution in [0.2, 0.25) is 0 Å². The molecule has 0 bridgehead atoms. The number of carbonyl (C=O) groups excluding carboxylic acids is 1. The van der Waals surface area contributed by atoms with Gasteiger partial charge < -0.3 is 10.2 Å². The number of rotatable bonds is 4. The van der Waals surface area contributed by atoms with E-state index >= 15 is 0 Å². The van der Waals surface area contributed by atoms with Crippen molar-refractivity contribution in [2.75, 3.05) is 17.3 Å². The third-order valence-corrected chi connectivity index (χ3v) is 3.56. The first-order valence-corrected chi connectivity index (χ1v) is 6.72. The van der Waals surface area contributed by atoms with Crippen LogP contribution < -0.4 is 10.2 Å². The van der Waals surface area contributed by atoms with Gasteiger partial charge in [0.05, 0.1) is 6.20 Å². The van der Waals surface area contributed by atoms with Crippen molar-refractivity contribution < 1.29 is 9.18 Å². The van der Waals surface area contributed by atoms with E-state index in [9.17, 15) is 9.18 Å². The van der Waals surface area contributed by atoms with Crippen LogP contribution >= 0.6 is 0 Å². The van der Waals surface area contributed by atoms with Crippen molar-refractivity contribution in [2.45, 2.75) is 19.0 Å². The van der Waals surface area contributed by atoms with Crippen molar-refractivity contribution in [3.63, 3.8) is 0 Å². The molecule has 1 N–H and O–H groups in total. The van der Waals surface area contributed by atoms with E-state index in [1.165, 1.54) is 12.1 Å². The van der Waals surface area contributed by atoms with Crippen LogP contribution in [0.3, 0.4) is 0 Å². The van der Waals surface area contributed by atoms with Gasteiger partial charge in [0.1, 0.15) is 17.3 Å². The molecule has 0 amide bonds. The maximum atomic E-state index is 13.1. The number of likely N-dealkylation sites (N-methyl/N-ethyl adjacent to an activating group) is 1. The molecule has 1 aromatic carbocycles. The summed E-state index contributed by atoms with van der Waals surface area (Å²) in [5, 5.41) is 3.03. The summed E-state index contributed by atoms with van der Waals surface area (Å²) in [5.41, 5.74) is 1.72. The number of hydrogen-bond acceptors (Lipinski definition) is 5. The van der Waals surface area contributed by atoms with E-state index in [1.807, 2.05) is 13.1 Å². The Bertz CT molecular complexity index is 676. The number of halogens is 1. The van der Waals surface area contributed by atoms with Crippen LogP contribution in [0.4, 0.5) is 15.9 Å². The van der Waals surface area contributed by atoms with Crippen LogP contribution in [0.25, 0.3) is 0 Å².